The average Bonchev–Trinajstić information content (AvgIpc) is 2.20. The monoisotopic (exact) mass is 221 g/mol. The van der Waals surface area contributed by atoms with Crippen molar-refractivity contribution in [3.05, 3.63) is 29.8 Å². The van der Waals surface area contributed by atoms with E-state index in [2.05, 4.69) is 19.1 Å². The predicted molar refractivity (Wildman–Crippen MR) is 68.7 cm³/mol. The van der Waals surface area contributed by atoms with Gasteiger partial charge in [-0.05, 0) is 56.8 Å². The smallest absolute Gasteiger partial charge is 0.119 e. The lowest BCUT2D eigenvalue weighted by Crippen LogP contribution is -2.08. The third kappa shape index (κ3) is 4.67. The molecular formula is C14H23NO. The summed E-state index contributed by atoms with van der Waals surface area (Å²) in [5.41, 5.74) is 6.90. The van der Waals surface area contributed by atoms with Gasteiger partial charge in [0.1, 0.15) is 5.75 Å². The Hall–Kier alpha value is -1.02. The van der Waals surface area contributed by atoms with Crippen molar-refractivity contribution >= 4 is 0 Å². The fourth-order valence-electron chi connectivity index (χ4n) is 1.77. The molecule has 16 heavy (non-hydrogen) atoms. The molecule has 0 fully saturated rings. The van der Waals surface area contributed by atoms with Gasteiger partial charge in [0.05, 0.1) is 6.10 Å². The van der Waals surface area contributed by atoms with Crippen LogP contribution in [0.25, 0.3) is 0 Å². The fourth-order valence-corrected chi connectivity index (χ4v) is 1.77. The van der Waals surface area contributed by atoms with E-state index >= 15 is 0 Å². The molecule has 0 aliphatic heterocycles. The van der Waals surface area contributed by atoms with Crippen LogP contribution < -0.4 is 10.5 Å². The third-order valence-electron chi connectivity index (χ3n) is 2.54. The maximum Gasteiger partial charge on any atom is 0.119 e. The van der Waals surface area contributed by atoms with Crippen LogP contribution in [0.5, 0.6) is 5.75 Å². The minimum atomic E-state index is 0.238. The highest BCUT2D eigenvalue weighted by Gasteiger charge is 2.03. The molecule has 0 bridgehead atoms. The summed E-state index contributed by atoms with van der Waals surface area (Å²) in [7, 11) is 0. The lowest BCUT2D eigenvalue weighted by atomic mass is 9.98. The summed E-state index contributed by atoms with van der Waals surface area (Å²) >= 11 is 0. The minimum absolute atomic E-state index is 0.238. The van der Waals surface area contributed by atoms with Crippen molar-refractivity contribution in [1.82, 2.24) is 0 Å². The molecule has 2 heteroatoms. The number of benzene rings is 1. The van der Waals surface area contributed by atoms with E-state index in [1.54, 1.807) is 0 Å². The molecule has 0 saturated heterocycles. The second-order valence-electron chi connectivity index (χ2n) is 4.70. The first-order valence-corrected chi connectivity index (χ1v) is 6.07. The zero-order chi connectivity index (χ0) is 12.0. The Morgan fingerprint density at radius 2 is 1.75 bits per heavy atom. The van der Waals surface area contributed by atoms with Gasteiger partial charge in [0, 0.05) is 0 Å². The summed E-state index contributed by atoms with van der Waals surface area (Å²) < 4.78 is 5.60. The fraction of sp³-hybridized carbons (Fsp3) is 0.571. The second-order valence-corrected chi connectivity index (χ2v) is 4.70. The maximum atomic E-state index is 5.60. The summed E-state index contributed by atoms with van der Waals surface area (Å²) in [6.45, 7) is 7.09. The van der Waals surface area contributed by atoms with E-state index in [1.165, 1.54) is 5.56 Å². The number of nitrogens with two attached hydrogens (primary N) is 1. The van der Waals surface area contributed by atoms with E-state index in [9.17, 15) is 0 Å². The first kappa shape index (κ1) is 13.0. The van der Waals surface area contributed by atoms with E-state index in [-0.39, 0.29) is 6.10 Å². The van der Waals surface area contributed by atoms with Crippen LogP contribution in [-0.4, -0.2) is 12.6 Å². The minimum Gasteiger partial charge on any atom is -0.491 e. The molecule has 0 radical (unpaired) electrons. The Kier molecular flexibility index (Phi) is 5.33. The van der Waals surface area contributed by atoms with E-state index < -0.39 is 0 Å². The molecule has 1 unspecified atom stereocenters. The van der Waals surface area contributed by atoms with Crippen LogP contribution >= 0.6 is 0 Å². The molecule has 1 aromatic carbocycles. The quantitative estimate of drug-likeness (QED) is 0.801. The lowest BCUT2D eigenvalue weighted by molar-refractivity contribution is 0.242. The molecule has 0 saturated carbocycles. The van der Waals surface area contributed by atoms with Crippen molar-refractivity contribution in [2.24, 2.45) is 11.7 Å². The maximum absolute atomic E-state index is 5.60. The normalized spacial score (nSPS) is 12.8. The van der Waals surface area contributed by atoms with Gasteiger partial charge in [0.2, 0.25) is 0 Å². The molecule has 1 atom stereocenters. The molecule has 90 valence electrons. The zero-order valence-electron chi connectivity index (χ0n) is 10.6. The molecule has 0 aromatic heterocycles. The number of ether oxygens (including phenoxy) is 1. The van der Waals surface area contributed by atoms with Crippen molar-refractivity contribution in [3.8, 4) is 5.75 Å². The summed E-state index contributed by atoms with van der Waals surface area (Å²) in [5.74, 6) is 1.60. The third-order valence-corrected chi connectivity index (χ3v) is 2.54. The van der Waals surface area contributed by atoms with E-state index in [1.807, 2.05) is 26.0 Å². The lowest BCUT2D eigenvalue weighted by Gasteiger charge is -2.12. The molecule has 2 N–H and O–H groups in total. The van der Waals surface area contributed by atoms with E-state index in [0.29, 0.717) is 5.92 Å². The molecule has 1 rings (SSSR count). The van der Waals surface area contributed by atoms with Crippen LogP contribution in [0.1, 0.15) is 32.8 Å². The van der Waals surface area contributed by atoms with E-state index in [4.69, 9.17) is 10.5 Å². The standard InChI is InChI=1S/C14H23NO/c1-11(2)16-14-6-4-13(5-7-14)10-12(3)8-9-15/h4-7,11-12H,8-10,15H2,1-3H3. The van der Waals surface area contributed by atoms with Crippen molar-refractivity contribution < 1.29 is 4.74 Å². The summed E-state index contributed by atoms with van der Waals surface area (Å²) in [6.07, 6.45) is 2.42. The van der Waals surface area contributed by atoms with Crippen molar-refractivity contribution in [3.63, 3.8) is 0 Å². The van der Waals surface area contributed by atoms with Gasteiger partial charge in [0.25, 0.3) is 0 Å². The van der Waals surface area contributed by atoms with Gasteiger partial charge in [-0.25, -0.2) is 0 Å². The topological polar surface area (TPSA) is 35.2 Å². The van der Waals surface area contributed by atoms with Crippen LogP contribution in [0.15, 0.2) is 24.3 Å². The predicted octanol–water partition coefficient (Wildman–Crippen LogP) is 3.00. The number of rotatable bonds is 6. The first-order valence-electron chi connectivity index (χ1n) is 6.07. The summed E-state index contributed by atoms with van der Waals surface area (Å²) in [5, 5.41) is 0. The number of hydrogen-bond donors (Lipinski definition) is 1. The van der Waals surface area contributed by atoms with Gasteiger partial charge in [0.15, 0.2) is 0 Å². The van der Waals surface area contributed by atoms with Crippen LogP contribution in [0.2, 0.25) is 0 Å². The summed E-state index contributed by atoms with van der Waals surface area (Å²) in [4.78, 5) is 0. The Morgan fingerprint density at radius 1 is 1.12 bits per heavy atom. The highest BCUT2D eigenvalue weighted by Crippen LogP contribution is 2.17. The van der Waals surface area contributed by atoms with Crippen molar-refractivity contribution in [2.45, 2.75) is 39.7 Å². The van der Waals surface area contributed by atoms with Crippen molar-refractivity contribution in [2.75, 3.05) is 6.54 Å². The van der Waals surface area contributed by atoms with Gasteiger partial charge >= 0.3 is 0 Å². The van der Waals surface area contributed by atoms with Gasteiger partial charge in [-0.1, -0.05) is 19.1 Å². The highest BCUT2D eigenvalue weighted by molar-refractivity contribution is 5.27. The molecule has 0 amide bonds. The molecule has 1 aromatic rings. The average molecular weight is 221 g/mol. The molecule has 0 spiro atoms. The van der Waals surface area contributed by atoms with Crippen LogP contribution in [0, 0.1) is 5.92 Å². The van der Waals surface area contributed by atoms with Gasteiger partial charge < -0.3 is 10.5 Å². The Bertz CT molecular complexity index is 292. The van der Waals surface area contributed by atoms with E-state index in [0.717, 1.165) is 25.1 Å². The molecule has 0 aliphatic carbocycles. The number of hydrogen-bond acceptors (Lipinski definition) is 2. The highest BCUT2D eigenvalue weighted by atomic mass is 16.5. The first-order chi connectivity index (χ1) is 7.61. The van der Waals surface area contributed by atoms with Crippen LogP contribution in [-0.2, 0) is 6.42 Å². The SMILES string of the molecule is CC(CCN)Cc1ccc(OC(C)C)cc1. The zero-order valence-corrected chi connectivity index (χ0v) is 10.6. The van der Waals surface area contributed by atoms with Gasteiger partial charge in [-0.2, -0.15) is 0 Å². The van der Waals surface area contributed by atoms with Gasteiger partial charge in [-0.3, -0.25) is 0 Å². The Labute approximate surface area is 98.8 Å². The van der Waals surface area contributed by atoms with Crippen LogP contribution in [0.4, 0.5) is 0 Å². The molecule has 0 aliphatic rings. The van der Waals surface area contributed by atoms with Gasteiger partial charge in [-0.15, -0.1) is 0 Å². The summed E-state index contributed by atoms with van der Waals surface area (Å²) in [6, 6.07) is 8.38. The Balaban J connectivity index is 2.50. The Morgan fingerprint density at radius 3 is 2.25 bits per heavy atom. The molecule has 0 heterocycles. The molecule has 2 nitrogen and oxygen atoms in total. The molecular weight excluding hydrogens is 198 g/mol. The van der Waals surface area contributed by atoms with Crippen LogP contribution in [0.3, 0.4) is 0 Å². The second kappa shape index (κ2) is 6.54. The largest absolute Gasteiger partial charge is 0.491 e. The van der Waals surface area contributed by atoms with Crippen molar-refractivity contribution in [1.29, 1.82) is 0 Å².